The van der Waals surface area contributed by atoms with E-state index in [0.717, 1.165) is 52.5 Å². The van der Waals surface area contributed by atoms with Crippen LogP contribution in [0.15, 0.2) is 36.5 Å². The zero-order valence-electron chi connectivity index (χ0n) is 18.7. The van der Waals surface area contributed by atoms with E-state index >= 15 is 0 Å². The number of pyridine rings is 1. The molecule has 0 amide bonds. The number of aromatic nitrogens is 5. The molecule has 1 aliphatic carbocycles. The summed E-state index contributed by atoms with van der Waals surface area (Å²) in [6.07, 6.45) is 6.60. The van der Waals surface area contributed by atoms with E-state index in [1.165, 1.54) is 24.0 Å². The molecule has 6 heteroatoms. The number of aromatic amines is 1. The van der Waals surface area contributed by atoms with Gasteiger partial charge in [0.05, 0.1) is 23.0 Å². The fourth-order valence-corrected chi connectivity index (χ4v) is 4.92. The summed E-state index contributed by atoms with van der Waals surface area (Å²) in [4.78, 5) is 12.9. The van der Waals surface area contributed by atoms with E-state index in [0.29, 0.717) is 12.1 Å². The molecule has 1 aliphatic rings. The van der Waals surface area contributed by atoms with Crippen LogP contribution in [-0.4, -0.2) is 24.7 Å². The van der Waals surface area contributed by atoms with Crippen LogP contribution in [0, 0.1) is 13.8 Å². The number of rotatable bonds is 4. The third-order valence-corrected chi connectivity index (χ3v) is 6.39. The molecule has 0 saturated carbocycles. The highest BCUT2D eigenvalue weighted by atomic mass is 15.3. The average Bonchev–Trinajstić information content (AvgIpc) is 3.23. The van der Waals surface area contributed by atoms with Gasteiger partial charge in [-0.1, -0.05) is 30.7 Å². The lowest BCUT2D eigenvalue weighted by Crippen LogP contribution is -2.11. The Kier molecular flexibility index (Phi) is 5.00. The van der Waals surface area contributed by atoms with Crippen molar-refractivity contribution in [2.24, 2.45) is 0 Å². The Morgan fingerprint density at radius 2 is 1.97 bits per heavy atom. The number of H-pyrrole nitrogens is 1. The van der Waals surface area contributed by atoms with Crippen molar-refractivity contribution in [2.75, 3.05) is 5.32 Å². The van der Waals surface area contributed by atoms with Crippen LogP contribution in [0.5, 0.6) is 0 Å². The summed E-state index contributed by atoms with van der Waals surface area (Å²) >= 11 is 0. The number of aryl methyl sites for hydroxylation is 2. The average molecular weight is 415 g/mol. The van der Waals surface area contributed by atoms with Gasteiger partial charge in [-0.3, -0.25) is 4.68 Å². The Balaban J connectivity index is 1.55. The molecule has 3 heterocycles. The molecule has 2 N–H and O–H groups in total. The molecule has 0 saturated heterocycles. The number of anilines is 1. The standard InChI is InChI=1S/C25H30N6/c1-15(2)31-17(4)22(16(3)30-31)24-28-23-21(13-14-26-25(23)29-24)27-20-12-8-6-10-18-9-5-7-11-19(18)20/h5,7,9,11,13-15,20H,6,8,10,12H2,1-4H3,(H2,26,27,28,29). The van der Waals surface area contributed by atoms with Gasteiger partial charge in [0, 0.05) is 17.9 Å². The predicted octanol–water partition coefficient (Wildman–Crippen LogP) is 5.90. The van der Waals surface area contributed by atoms with Gasteiger partial charge < -0.3 is 10.3 Å². The Hall–Kier alpha value is -3.15. The number of hydrogen-bond donors (Lipinski definition) is 2. The van der Waals surface area contributed by atoms with Crippen LogP contribution >= 0.6 is 0 Å². The van der Waals surface area contributed by atoms with E-state index in [2.05, 4.69) is 71.1 Å². The third-order valence-electron chi connectivity index (χ3n) is 6.39. The Morgan fingerprint density at radius 1 is 1.13 bits per heavy atom. The van der Waals surface area contributed by atoms with Crippen molar-refractivity contribution in [3.8, 4) is 11.4 Å². The van der Waals surface area contributed by atoms with Crippen LogP contribution in [-0.2, 0) is 6.42 Å². The van der Waals surface area contributed by atoms with E-state index in [9.17, 15) is 0 Å². The number of nitrogens with one attached hydrogen (secondary N) is 2. The highest BCUT2D eigenvalue weighted by molar-refractivity contribution is 5.88. The van der Waals surface area contributed by atoms with E-state index < -0.39 is 0 Å². The number of imidazole rings is 1. The van der Waals surface area contributed by atoms with E-state index in [4.69, 9.17) is 10.1 Å². The molecule has 1 unspecified atom stereocenters. The molecule has 3 aromatic heterocycles. The van der Waals surface area contributed by atoms with Gasteiger partial charge in [0.25, 0.3) is 0 Å². The first-order valence-corrected chi connectivity index (χ1v) is 11.3. The quantitative estimate of drug-likeness (QED) is 0.408. The predicted molar refractivity (Wildman–Crippen MR) is 125 cm³/mol. The first-order chi connectivity index (χ1) is 15.0. The van der Waals surface area contributed by atoms with Crippen molar-refractivity contribution in [1.82, 2.24) is 24.7 Å². The smallest absolute Gasteiger partial charge is 0.180 e. The van der Waals surface area contributed by atoms with Crippen LogP contribution in [0.3, 0.4) is 0 Å². The first kappa shape index (κ1) is 19.8. The SMILES string of the molecule is Cc1nn(C(C)C)c(C)c1-c1nc2nccc(NC3CCCCc4ccccc43)c2[nH]1. The largest absolute Gasteiger partial charge is 0.376 e. The van der Waals surface area contributed by atoms with Crippen LogP contribution in [0.1, 0.15) is 67.7 Å². The summed E-state index contributed by atoms with van der Waals surface area (Å²) in [5, 5.41) is 8.53. The van der Waals surface area contributed by atoms with Crippen LogP contribution < -0.4 is 5.32 Å². The second-order valence-electron chi connectivity index (χ2n) is 8.87. The second-order valence-corrected chi connectivity index (χ2v) is 8.87. The Bertz CT molecular complexity index is 1230. The van der Waals surface area contributed by atoms with Gasteiger partial charge in [0.1, 0.15) is 11.3 Å². The second kappa shape index (κ2) is 7.84. The molecule has 1 aromatic carbocycles. The van der Waals surface area contributed by atoms with Gasteiger partial charge in [-0.2, -0.15) is 5.10 Å². The van der Waals surface area contributed by atoms with E-state index in [-0.39, 0.29) is 0 Å². The van der Waals surface area contributed by atoms with Gasteiger partial charge in [0.15, 0.2) is 5.65 Å². The van der Waals surface area contributed by atoms with Crippen LogP contribution in [0.25, 0.3) is 22.6 Å². The van der Waals surface area contributed by atoms with Crippen LogP contribution in [0.2, 0.25) is 0 Å². The highest BCUT2D eigenvalue weighted by Crippen LogP contribution is 2.34. The molecule has 1 atom stereocenters. The fraction of sp³-hybridized carbons (Fsp3) is 0.400. The lowest BCUT2D eigenvalue weighted by Gasteiger charge is -2.20. The van der Waals surface area contributed by atoms with Crippen molar-refractivity contribution >= 4 is 16.9 Å². The minimum Gasteiger partial charge on any atom is -0.376 e. The first-order valence-electron chi connectivity index (χ1n) is 11.3. The minimum atomic E-state index is 0.295. The van der Waals surface area contributed by atoms with E-state index in [1.54, 1.807) is 0 Å². The molecule has 0 bridgehead atoms. The molecule has 160 valence electrons. The molecule has 31 heavy (non-hydrogen) atoms. The molecular formula is C25H30N6. The highest BCUT2D eigenvalue weighted by Gasteiger charge is 2.22. The maximum absolute atomic E-state index is 4.83. The zero-order chi connectivity index (χ0) is 21.5. The Morgan fingerprint density at radius 3 is 2.77 bits per heavy atom. The minimum absolute atomic E-state index is 0.295. The van der Waals surface area contributed by atoms with Crippen molar-refractivity contribution < 1.29 is 0 Å². The van der Waals surface area contributed by atoms with Gasteiger partial charge in [-0.25, -0.2) is 9.97 Å². The number of hydrogen-bond acceptors (Lipinski definition) is 4. The van der Waals surface area contributed by atoms with Crippen molar-refractivity contribution in [3.05, 3.63) is 59.0 Å². The third kappa shape index (κ3) is 3.50. The fourth-order valence-electron chi connectivity index (χ4n) is 4.92. The lowest BCUT2D eigenvalue weighted by atomic mass is 9.99. The van der Waals surface area contributed by atoms with Crippen molar-refractivity contribution in [1.29, 1.82) is 0 Å². The monoisotopic (exact) mass is 414 g/mol. The summed E-state index contributed by atoms with van der Waals surface area (Å²) in [6.45, 7) is 8.45. The molecular weight excluding hydrogens is 384 g/mol. The van der Waals surface area contributed by atoms with Gasteiger partial charge >= 0.3 is 0 Å². The molecule has 0 spiro atoms. The number of fused-ring (bicyclic) bond motifs is 2. The van der Waals surface area contributed by atoms with Crippen molar-refractivity contribution in [2.45, 2.75) is 65.5 Å². The molecule has 5 rings (SSSR count). The molecule has 0 radical (unpaired) electrons. The number of benzene rings is 1. The van der Waals surface area contributed by atoms with Gasteiger partial charge in [-0.15, -0.1) is 0 Å². The maximum atomic E-state index is 4.83. The summed E-state index contributed by atoms with van der Waals surface area (Å²) in [7, 11) is 0. The topological polar surface area (TPSA) is 71.4 Å². The van der Waals surface area contributed by atoms with Gasteiger partial charge in [0.2, 0.25) is 0 Å². The maximum Gasteiger partial charge on any atom is 0.180 e. The summed E-state index contributed by atoms with van der Waals surface area (Å²) in [5.74, 6) is 0.833. The Labute approximate surface area is 183 Å². The van der Waals surface area contributed by atoms with E-state index in [1.807, 2.05) is 13.1 Å². The summed E-state index contributed by atoms with van der Waals surface area (Å²) in [6, 6.07) is 11.5. The molecule has 4 aromatic rings. The summed E-state index contributed by atoms with van der Waals surface area (Å²) < 4.78 is 2.06. The normalized spacial score (nSPS) is 16.5. The molecule has 0 aliphatic heterocycles. The zero-order valence-corrected chi connectivity index (χ0v) is 18.7. The van der Waals surface area contributed by atoms with Crippen molar-refractivity contribution in [3.63, 3.8) is 0 Å². The van der Waals surface area contributed by atoms with Crippen LogP contribution in [0.4, 0.5) is 5.69 Å². The molecule has 6 nitrogen and oxygen atoms in total. The van der Waals surface area contributed by atoms with Gasteiger partial charge in [-0.05, 0) is 64.2 Å². The number of nitrogens with zero attached hydrogens (tertiary/aromatic N) is 4. The summed E-state index contributed by atoms with van der Waals surface area (Å²) in [5.41, 5.74) is 8.79. The molecule has 0 fully saturated rings. The lowest BCUT2D eigenvalue weighted by molar-refractivity contribution is 0.516.